The van der Waals surface area contributed by atoms with Crippen LogP contribution < -0.4 is 10.1 Å². The average Bonchev–Trinajstić information content (AvgIpc) is 3.55. The van der Waals surface area contributed by atoms with Crippen molar-refractivity contribution in [3.63, 3.8) is 0 Å². The molecule has 3 rings (SSSR count). The average molecular weight is 662 g/mol. The first-order valence-electron chi connectivity index (χ1n) is 14.3. The highest BCUT2D eigenvalue weighted by molar-refractivity contribution is 7.98. The number of ether oxygens (including phenoxy) is 3. The smallest absolute Gasteiger partial charge is 0.412 e. The molecular formula is C31H39N3O9S2. The van der Waals surface area contributed by atoms with E-state index in [1.165, 1.54) is 37.4 Å². The van der Waals surface area contributed by atoms with Crippen molar-refractivity contribution in [2.24, 2.45) is 5.41 Å². The summed E-state index contributed by atoms with van der Waals surface area (Å²) in [5.41, 5.74) is -1.29. The van der Waals surface area contributed by atoms with Gasteiger partial charge in [0.2, 0.25) is 12.2 Å². The maximum absolute atomic E-state index is 12.9. The van der Waals surface area contributed by atoms with Gasteiger partial charge in [-0.15, -0.1) is 21.5 Å². The fourth-order valence-electron chi connectivity index (χ4n) is 4.21. The van der Waals surface area contributed by atoms with E-state index in [1.807, 2.05) is 66.2 Å². The molecule has 0 fully saturated rings. The standard InChI is InChI=1S/C31H39N3O9S2/c1-21(41-28(35)24(16-19-44-5)32-29(36)31(2,3)20-40-34(38)39)42-30(37)33(4)17-15-26(27-14-9-18-45-27)43-25-13-8-11-22-10-6-7-12-23(22)25/h6-14,18,21,24,26H,15-17,19-20H2,1-5H3,(H,32,36)/t21?,24?,26-/m0/s1. The minimum Gasteiger partial charge on any atom is -0.484 e. The SMILES string of the molecule is CSCCC(NC(=O)C(C)(C)CO[N+](=O)[O-])C(=O)OC(C)OC(=O)N(C)CC[C@H](Oc1cccc2ccccc12)c1cccs1. The molecule has 1 aromatic heterocycles. The second kappa shape index (κ2) is 16.9. The Morgan fingerprint density at radius 3 is 2.49 bits per heavy atom. The summed E-state index contributed by atoms with van der Waals surface area (Å²) in [6.07, 6.45) is 0.291. The Balaban J connectivity index is 1.57. The minimum atomic E-state index is -1.29. The molecule has 244 valence electrons. The number of benzene rings is 2. The van der Waals surface area contributed by atoms with Gasteiger partial charge in [-0.1, -0.05) is 42.5 Å². The molecule has 2 unspecified atom stereocenters. The molecule has 0 aliphatic carbocycles. The van der Waals surface area contributed by atoms with Crippen molar-refractivity contribution >= 4 is 51.8 Å². The van der Waals surface area contributed by atoms with Gasteiger partial charge in [0.15, 0.2) is 0 Å². The molecule has 12 nitrogen and oxygen atoms in total. The number of hydrogen-bond donors (Lipinski definition) is 1. The summed E-state index contributed by atoms with van der Waals surface area (Å²) in [6, 6.07) is 16.7. The number of rotatable bonds is 17. The highest BCUT2D eigenvalue weighted by atomic mass is 32.2. The Hall–Kier alpha value is -4.04. The van der Waals surface area contributed by atoms with Crippen molar-refractivity contribution in [2.75, 3.05) is 32.2 Å². The van der Waals surface area contributed by atoms with Crippen molar-refractivity contribution in [3.8, 4) is 5.75 Å². The van der Waals surface area contributed by atoms with Gasteiger partial charge in [0.1, 0.15) is 24.5 Å². The first-order chi connectivity index (χ1) is 21.4. The van der Waals surface area contributed by atoms with Gasteiger partial charge in [0.05, 0.1) is 5.41 Å². The Kier molecular flexibility index (Phi) is 13.3. The molecular weight excluding hydrogens is 622 g/mol. The van der Waals surface area contributed by atoms with Gasteiger partial charge in [-0.05, 0) is 55.2 Å². The topological polar surface area (TPSA) is 147 Å². The molecule has 0 radical (unpaired) electrons. The molecule has 2 aromatic carbocycles. The molecule has 0 saturated heterocycles. The third-order valence-corrected chi connectivity index (χ3v) is 8.42. The number of thioether (sulfide) groups is 1. The van der Waals surface area contributed by atoms with Gasteiger partial charge in [0.25, 0.3) is 5.09 Å². The lowest BCUT2D eigenvalue weighted by Gasteiger charge is -2.27. The Morgan fingerprint density at radius 2 is 1.80 bits per heavy atom. The van der Waals surface area contributed by atoms with Crippen LogP contribution in [0.15, 0.2) is 60.0 Å². The largest absolute Gasteiger partial charge is 0.484 e. The zero-order chi connectivity index (χ0) is 33.0. The first kappa shape index (κ1) is 35.4. The summed E-state index contributed by atoms with van der Waals surface area (Å²) >= 11 is 3.03. The lowest BCUT2D eigenvalue weighted by Crippen LogP contribution is -2.49. The van der Waals surface area contributed by atoms with Crippen LogP contribution in [0.5, 0.6) is 5.75 Å². The maximum Gasteiger partial charge on any atom is 0.412 e. The second-order valence-corrected chi connectivity index (χ2v) is 12.9. The number of amides is 2. The molecule has 2 amide bonds. The molecule has 1 heterocycles. The molecule has 0 aliphatic heterocycles. The number of nitrogens with one attached hydrogen (secondary N) is 1. The van der Waals surface area contributed by atoms with Gasteiger partial charge in [-0.25, -0.2) is 9.59 Å². The molecule has 0 aliphatic rings. The summed E-state index contributed by atoms with van der Waals surface area (Å²) in [7, 11) is 1.58. The lowest BCUT2D eigenvalue weighted by atomic mass is 9.93. The van der Waals surface area contributed by atoms with Gasteiger partial charge in [-0.2, -0.15) is 11.8 Å². The van der Waals surface area contributed by atoms with Crippen LogP contribution in [0.25, 0.3) is 10.8 Å². The summed E-state index contributed by atoms with van der Waals surface area (Å²) in [4.78, 5) is 55.9. The highest BCUT2D eigenvalue weighted by Crippen LogP contribution is 2.33. The fraction of sp³-hybridized carbons (Fsp3) is 0.452. The molecule has 0 bridgehead atoms. The van der Waals surface area contributed by atoms with E-state index in [4.69, 9.17) is 14.2 Å². The molecule has 0 spiro atoms. The van der Waals surface area contributed by atoms with E-state index in [0.29, 0.717) is 18.7 Å². The number of carbonyl (C=O) groups excluding carboxylic acids is 3. The first-order valence-corrected chi connectivity index (χ1v) is 16.6. The van der Waals surface area contributed by atoms with Gasteiger partial charge >= 0.3 is 12.1 Å². The molecule has 0 saturated carbocycles. The number of nitrogens with zero attached hydrogens (tertiary/aromatic N) is 2. The van der Waals surface area contributed by atoms with Crippen molar-refractivity contribution < 1.29 is 38.5 Å². The van der Waals surface area contributed by atoms with Crippen LogP contribution in [0.2, 0.25) is 0 Å². The predicted molar refractivity (Wildman–Crippen MR) is 173 cm³/mol. The zero-order valence-electron chi connectivity index (χ0n) is 25.9. The maximum atomic E-state index is 12.9. The van der Waals surface area contributed by atoms with E-state index in [0.717, 1.165) is 21.4 Å². The Bertz CT molecular complexity index is 1430. The molecule has 3 atom stereocenters. The number of carbonyl (C=O) groups is 3. The number of hydrogen-bond acceptors (Lipinski definition) is 11. The molecule has 45 heavy (non-hydrogen) atoms. The van der Waals surface area contributed by atoms with Crippen LogP contribution in [-0.2, 0) is 23.9 Å². The summed E-state index contributed by atoms with van der Waals surface area (Å²) < 4.78 is 17.2. The van der Waals surface area contributed by atoms with Crippen LogP contribution in [0.4, 0.5) is 4.79 Å². The molecule has 14 heteroatoms. The summed E-state index contributed by atoms with van der Waals surface area (Å²) in [6.45, 7) is 4.12. The zero-order valence-corrected chi connectivity index (χ0v) is 27.6. The van der Waals surface area contributed by atoms with Crippen molar-refractivity contribution in [1.29, 1.82) is 0 Å². The second-order valence-electron chi connectivity index (χ2n) is 10.9. The predicted octanol–water partition coefficient (Wildman–Crippen LogP) is 5.84. The van der Waals surface area contributed by atoms with E-state index in [1.54, 1.807) is 18.4 Å². The van der Waals surface area contributed by atoms with Crippen molar-refractivity contribution in [1.82, 2.24) is 10.2 Å². The van der Waals surface area contributed by atoms with E-state index in [-0.39, 0.29) is 12.5 Å². The normalized spacial score (nSPS) is 13.3. The highest BCUT2D eigenvalue weighted by Gasteiger charge is 2.34. The van der Waals surface area contributed by atoms with Gasteiger partial charge in [-0.3, -0.25) is 4.79 Å². The fourth-order valence-corrected chi connectivity index (χ4v) is 5.47. The summed E-state index contributed by atoms with van der Waals surface area (Å²) in [5, 5.41) is 16.2. The third kappa shape index (κ3) is 10.8. The van der Waals surface area contributed by atoms with Crippen LogP contribution in [0.3, 0.4) is 0 Å². The monoisotopic (exact) mass is 661 g/mol. The van der Waals surface area contributed by atoms with Crippen molar-refractivity contribution in [2.45, 2.75) is 52.0 Å². The van der Waals surface area contributed by atoms with Crippen LogP contribution in [0.1, 0.15) is 44.6 Å². The third-order valence-electron chi connectivity index (χ3n) is 6.81. The van der Waals surface area contributed by atoms with Crippen LogP contribution in [0, 0.1) is 15.5 Å². The van der Waals surface area contributed by atoms with Crippen molar-refractivity contribution in [3.05, 3.63) is 75.0 Å². The minimum absolute atomic E-state index is 0.235. The molecule has 1 N–H and O–H groups in total. The Morgan fingerprint density at radius 1 is 1.07 bits per heavy atom. The number of thiophene rings is 1. The van der Waals surface area contributed by atoms with Crippen LogP contribution in [-0.4, -0.2) is 72.5 Å². The lowest BCUT2D eigenvalue weighted by molar-refractivity contribution is -0.760. The number of esters is 1. The number of fused-ring (bicyclic) bond motifs is 1. The van der Waals surface area contributed by atoms with Gasteiger partial charge in [0, 0.05) is 37.2 Å². The quantitative estimate of drug-likeness (QED) is 0.0810. The van der Waals surface area contributed by atoms with E-state index >= 15 is 0 Å². The van der Waals surface area contributed by atoms with Crippen LogP contribution >= 0.6 is 23.1 Å². The van der Waals surface area contributed by atoms with Gasteiger partial charge < -0.3 is 29.3 Å². The summed E-state index contributed by atoms with van der Waals surface area (Å²) in [5.74, 6) is -0.154. The van der Waals surface area contributed by atoms with E-state index in [9.17, 15) is 24.5 Å². The van der Waals surface area contributed by atoms with E-state index in [2.05, 4.69) is 10.2 Å². The molecule has 3 aromatic rings. The Labute approximate surface area is 270 Å². The van der Waals surface area contributed by atoms with E-state index < -0.39 is 47.4 Å².